The minimum absolute atomic E-state index is 0.0115. The maximum atomic E-state index is 12.1. The third-order valence-corrected chi connectivity index (χ3v) is 4.92. The van der Waals surface area contributed by atoms with E-state index in [2.05, 4.69) is 31.0 Å². The van der Waals surface area contributed by atoms with Crippen molar-refractivity contribution < 1.29 is 9.53 Å². The number of thioether (sulfide) groups is 1. The van der Waals surface area contributed by atoms with E-state index in [-0.39, 0.29) is 10.7 Å². The molecule has 1 aliphatic heterocycles. The van der Waals surface area contributed by atoms with Crippen LogP contribution in [0.1, 0.15) is 36.7 Å². The van der Waals surface area contributed by atoms with Gasteiger partial charge in [0.15, 0.2) is 0 Å². The quantitative estimate of drug-likeness (QED) is 0.811. The predicted molar refractivity (Wildman–Crippen MR) is 97.1 cm³/mol. The van der Waals surface area contributed by atoms with Crippen LogP contribution in [-0.2, 0) is 11.3 Å². The summed E-state index contributed by atoms with van der Waals surface area (Å²) in [5.41, 5.74) is 1.98. The third-order valence-electron chi connectivity index (χ3n) is 3.65. The summed E-state index contributed by atoms with van der Waals surface area (Å²) in [4.78, 5) is 14.5. The number of ether oxygens (including phenoxy) is 1. The van der Waals surface area contributed by atoms with Gasteiger partial charge in [-0.2, -0.15) is 11.8 Å². The van der Waals surface area contributed by atoms with Gasteiger partial charge in [0.25, 0.3) is 5.91 Å². The smallest absolute Gasteiger partial charge is 0.251 e. The number of hydrogen-bond donors (Lipinski definition) is 1. The largest absolute Gasteiger partial charge is 0.379 e. The molecule has 23 heavy (non-hydrogen) atoms. The van der Waals surface area contributed by atoms with E-state index in [0.29, 0.717) is 6.54 Å². The van der Waals surface area contributed by atoms with Crippen molar-refractivity contribution in [1.29, 1.82) is 0 Å². The van der Waals surface area contributed by atoms with Gasteiger partial charge in [-0.1, -0.05) is 32.9 Å². The molecule has 5 heteroatoms. The fourth-order valence-electron chi connectivity index (χ4n) is 2.40. The molecule has 1 N–H and O–H groups in total. The maximum Gasteiger partial charge on any atom is 0.251 e. The fraction of sp³-hybridized carbons (Fsp3) is 0.611. The van der Waals surface area contributed by atoms with Gasteiger partial charge >= 0.3 is 0 Å². The molecule has 1 saturated heterocycles. The molecular weight excluding hydrogens is 308 g/mol. The summed E-state index contributed by atoms with van der Waals surface area (Å²) in [6, 6.07) is 7.94. The number of hydrogen-bond acceptors (Lipinski definition) is 4. The second kappa shape index (κ2) is 8.71. The zero-order valence-corrected chi connectivity index (χ0v) is 15.2. The molecule has 1 aromatic carbocycles. The average Bonchev–Trinajstić information content (AvgIpc) is 2.52. The third kappa shape index (κ3) is 6.94. The summed E-state index contributed by atoms with van der Waals surface area (Å²) in [5, 5.41) is 2.99. The molecule has 2 rings (SSSR count). The van der Waals surface area contributed by atoms with Gasteiger partial charge < -0.3 is 10.1 Å². The Labute approximate surface area is 144 Å². The number of rotatable bonds is 6. The average molecular weight is 337 g/mol. The Morgan fingerprint density at radius 2 is 1.87 bits per heavy atom. The fourth-order valence-corrected chi connectivity index (χ4v) is 3.22. The number of carbonyl (C=O) groups is 1. The maximum absolute atomic E-state index is 12.1. The van der Waals surface area contributed by atoms with Crippen molar-refractivity contribution in [1.82, 2.24) is 10.2 Å². The van der Waals surface area contributed by atoms with E-state index in [1.807, 2.05) is 36.0 Å². The highest BCUT2D eigenvalue weighted by Gasteiger charge is 2.12. The van der Waals surface area contributed by atoms with E-state index in [0.717, 1.165) is 44.2 Å². The van der Waals surface area contributed by atoms with Crippen LogP contribution >= 0.6 is 11.8 Å². The van der Waals surface area contributed by atoms with Crippen molar-refractivity contribution in [2.24, 2.45) is 0 Å². The number of nitrogens with one attached hydrogen (secondary N) is 1. The molecule has 1 aliphatic rings. The normalized spacial score (nSPS) is 16.3. The van der Waals surface area contributed by atoms with Crippen LogP contribution in [0.4, 0.5) is 0 Å². The summed E-state index contributed by atoms with van der Waals surface area (Å²) < 4.78 is 5.60. The van der Waals surface area contributed by atoms with Crippen LogP contribution in [0, 0.1) is 0 Å². The number of morpholine rings is 1. The van der Waals surface area contributed by atoms with Gasteiger partial charge in [-0.15, -0.1) is 0 Å². The minimum atomic E-state index is 0.0115. The van der Waals surface area contributed by atoms with E-state index < -0.39 is 0 Å². The lowest BCUT2D eigenvalue weighted by Gasteiger charge is -2.26. The van der Waals surface area contributed by atoms with E-state index in [4.69, 9.17) is 4.74 Å². The summed E-state index contributed by atoms with van der Waals surface area (Å²) in [6.07, 6.45) is 0. The van der Waals surface area contributed by atoms with Gasteiger partial charge in [-0.05, 0) is 17.7 Å². The lowest BCUT2D eigenvalue weighted by atomic mass is 10.1. The van der Waals surface area contributed by atoms with Crippen molar-refractivity contribution in [3.05, 3.63) is 35.4 Å². The molecule has 1 aromatic rings. The first-order chi connectivity index (χ1) is 10.9. The van der Waals surface area contributed by atoms with Crippen LogP contribution in [0.15, 0.2) is 24.3 Å². The van der Waals surface area contributed by atoms with Crippen molar-refractivity contribution in [3.63, 3.8) is 0 Å². The van der Waals surface area contributed by atoms with Crippen LogP contribution in [0.3, 0.4) is 0 Å². The standard InChI is InChI=1S/C18H28N2O2S/c1-18(2,3)23-13-8-19-17(21)16-6-4-15(5-7-16)14-20-9-11-22-12-10-20/h4-7H,8-14H2,1-3H3,(H,19,21). The molecule has 0 aromatic heterocycles. The molecular formula is C18H28N2O2S. The highest BCUT2D eigenvalue weighted by molar-refractivity contribution is 8.00. The number of nitrogens with zero attached hydrogens (tertiary/aromatic N) is 1. The minimum Gasteiger partial charge on any atom is -0.379 e. The van der Waals surface area contributed by atoms with Crippen molar-refractivity contribution in [2.75, 3.05) is 38.6 Å². The van der Waals surface area contributed by atoms with Crippen molar-refractivity contribution >= 4 is 17.7 Å². The Hall–Kier alpha value is -1.04. The van der Waals surface area contributed by atoms with Gasteiger partial charge in [-0.3, -0.25) is 9.69 Å². The Balaban J connectivity index is 1.75. The molecule has 1 fully saturated rings. The molecule has 1 heterocycles. The first-order valence-electron chi connectivity index (χ1n) is 8.25. The SMILES string of the molecule is CC(C)(C)SCCNC(=O)c1ccc(CN2CCOCC2)cc1. The van der Waals surface area contributed by atoms with Gasteiger partial charge in [0.1, 0.15) is 0 Å². The molecule has 0 saturated carbocycles. The molecule has 0 spiro atoms. The second-order valence-corrected chi connectivity index (χ2v) is 8.72. The molecule has 0 bridgehead atoms. The molecule has 128 valence electrons. The summed E-state index contributed by atoms with van der Waals surface area (Å²) >= 11 is 1.86. The second-order valence-electron chi connectivity index (χ2n) is 6.80. The Morgan fingerprint density at radius 3 is 2.48 bits per heavy atom. The molecule has 0 aliphatic carbocycles. The highest BCUT2D eigenvalue weighted by atomic mass is 32.2. The van der Waals surface area contributed by atoms with E-state index in [9.17, 15) is 4.79 Å². The van der Waals surface area contributed by atoms with Crippen LogP contribution < -0.4 is 5.32 Å². The Bertz CT molecular complexity index is 491. The van der Waals surface area contributed by atoms with Crippen LogP contribution in [0.2, 0.25) is 0 Å². The first kappa shape index (κ1) is 18.3. The summed E-state index contributed by atoms with van der Waals surface area (Å²) in [7, 11) is 0. The molecule has 0 unspecified atom stereocenters. The first-order valence-corrected chi connectivity index (χ1v) is 9.24. The summed E-state index contributed by atoms with van der Waals surface area (Å²) in [6.45, 7) is 11.8. The van der Waals surface area contributed by atoms with Crippen LogP contribution in [0.25, 0.3) is 0 Å². The number of amides is 1. The van der Waals surface area contributed by atoms with Crippen LogP contribution in [0.5, 0.6) is 0 Å². The zero-order valence-electron chi connectivity index (χ0n) is 14.4. The monoisotopic (exact) mass is 336 g/mol. The Morgan fingerprint density at radius 1 is 1.22 bits per heavy atom. The number of benzene rings is 1. The van der Waals surface area contributed by atoms with Gasteiger partial charge in [-0.25, -0.2) is 0 Å². The molecule has 0 atom stereocenters. The molecule has 1 amide bonds. The topological polar surface area (TPSA) is 41.6 Å². The highest BCUT2D eigenvalue weighted by Crippen LogP contribution is 2.22. The van der Waals surface area contributed by atoms with Crippen molar-refractivity contribution in [3.8, 4) is 0 Å². The van der Waals surface area contributed by atoms with Gasteiger partial charge in [0.2, 0.25) is 0 Å². The molecule has 4 nitrogen and oxygen atoms in total. The van der Waals surface area contributed by atoms with E-state index in [1.165, 1.54) is 5.56 Å². The lowest BCUT2D eigenvalue weighted by molar-refractivity contribution is 0.0342. The van der Waals surface area contributed by atoms with Crippen LogP contribution in [-0.4, -0.2) is 54.2 Å². The van der Waals surface area contributed by atoms with E-state index >= 15 is 0 Å². The number of carbonyl (C=O) groups excluding carboxylic acids is 1. The van der Waals surface area contributed by atoms with Crippen molar-refractivity contribution in [2.45, 2.75) is 32.1 Å². The predicted octanol–water partition coefficient (Wildman–Crippen LogP) is 2.78. The zero-order chi connectivity index (χ0) is 16.7. The van der Waals surface area contributed by atoms with Gasteiger partial charge in [0, 0.05) is 42.2 Å². The van der Waals surface area contributed by atoms with Gasteiger partial charge in [0.05, 0.1) is 13.2 Å². The summed E-state index contributed by atoms with van der Waals surface area (Å²) in [5.74, 6) is 0.946. The van der Waals surface area contributed by atoms with E-state index in [1.54, 1.807) is 0 Å². The molecule has 0 radical (unpaired) electrons. The Kier molecular flexibility index (Phi) is 6.93. The lowest BCUT2D eigenvalue weighted by Crippen LogP contribution is -2.35.